The van der Waals surface area contributed by atoms with Gasteiger partial charge in [-0.3, -0.25) is 9.69 Å². The summed E-state index contributed by atoms with van der Waals surface area (Å²) in [5, 5.41) is 3.08. The standard InChI is InChI=1S/C20H27N3O.ClH/c1-3-23(4-2)19(17-10-6-5-7-11-17)15-22-20(24)14-16-9-8-12-18(21)13-16;/h5-13,19H,3-4,14-15,21H2,1-2H3,(H,22,24);1H. The summed E-state index contributed by atoms with van der Waals surface area (Å²) in [6.07, 6.45) is 0.352. The second-order valence-electron chi connectivity index (χ2n) is 5.87. The number of likely N-dealkylation sites (N-methyl/N-ethyl adjacent to an activating group) is 1. The molecule has 2 rings (SSSR count). The van der Waals surface area contributed by atoms with Crippen LogP contribution in [0.5, 0.6) is 0 Å². The van der Waals surface area contributed by atoms with Gasteiger partial charge in [0.05, 0.1) is 12.5 Å². The van der Waals surface area contributed by atoms with Crippen molar-refractivity contribution >= 4 is 24.0 Å². The van der Waals surface area contributed by atoms with Crippen LogP contribution in [-0.2, 0) is 11.2 Å². The summed E-state index contributed by atoms with van der Waals surface area (Å²) in [4.78, 5) is 14.6. The van der Waals surface area contributed by atoms with Gasteiger partial charge in [0.25, 0.3) is 0 Å². The van der Waals surface area contributed by atoms with E-state index < -0.39 is 0 Å². The number of hydrogen-bond donors (Lipinski definition) is 2. The predicted octanol–water partition coefficient (Wildman–Crippen LogP) is 3.43. The number of amides is 1. The van der Waals surface area contributed by atoms with Gasteiger partial charge in [0.2, 0.25) is 5.91 Å². The van der Waals surface area contributed by atoms with Crippen molar-refractivity contribution < 1.29 is 4.79 Å². The molecule has 0 bridgehead atoms. The quantitative estimate of drug-likeness (QED) is 0.708. The molecular weight excluding hydrogens is 334 g/mol. The topological polar surface area (TPSA) is 58.4 Å². The molecular formula is C20H28ClN3O. The summed E-state index contributed by atoms with van der Waals surface area (Å²) in [6, 6.07) is 18.0. The first-order valence-corrected chi connectivity index (χ1v) is 8.54. The van der Waals surface area contributed by atoms with Crippen LogP contribution in [0, 0.1) is 0 Å². The average Bonchev–Trinajstić information content (AvgIpc) is 2.59. The maximum absolute atomic E-state index is 12.3. The first kappa shape index (κ1) is 21.0. The summed E-state index contributed by atoms with van der Waals surface area (Å²) >= 11 is 0. The Morgan fingerprint density at radius 1 is 1.08 bits per heavy atom. The Morgan fingerprint density at radius 2 is 1.76 bits per heavy atom. The first-order chi connectivity index (χ1) is 11.6. The summed E-state index contributed by atoms with van der Waals surface area (Å²) in [6.45, 7) is 6.79. The number of nitrogens with one attached hydrogen (secondary N) is 1. The Bertz CT molecular complexity index is 644. The average molecular weight is 362 g/mol. The molecule has 1 atom stereocenters. The van der Waals surface area contributed by atoms with E-state index in [4.69, 9.17) is 5.73 Å². The maximum atomic E-state index is 12.3. The number of nitrogens with zero attached hydrogens (tertiary/aromatic N) is 1. The number of nitrogens with two attached hydrogens (primary N) is 1. The molecule has 0 aromatic heterocycles. The van der Waals surface area contributed by atoms with E-state index in [0.717, 1.165) is 18.7 Å². The van der Waals surface area contributed by atoms with Gasteiger partial charge in [-0.2, -0.15) is 0 Å². The Balaban J connectivity index is 0.00000312. The summed E-state index contributed by atoms with van der Waals surface area (Å²) in [7, 11) is 0. The molecule has 3 N–H and O–H groups in total. The van der Waals surface area contributed by atoms with E-state index in [1.807, 2.05) is 42.5 Å². The lowest BCUT2D eigenvalue weighted by atomic mass is 10.0. The van der Waals surface area contributed by atoms with E-state index in [1.165, 1.54) is 5.56 Å². The third kappa shape index (κ3) is 6.40. The molecule has 2 aromatic carbocycles. The van der Waals surface area contributed by atoms with Gasteiger partial charge in [0, 0.05) is 12.2 Å². The third-order valence-electron chi connectivity index (χ3n) is 4.25. The van der Waals surface area contributed by atoms with Gasteiger partial charge in [-0.05, 0) is 36.3 Å². The van der Waals surface area contributed by atoms with Crippen molar-refractivity contribution in [3.8, 4) is 0 Å². The fourth-order valence-electron chi connectivity index (χ4n) is 2.96. The zero-order valence-corrected chi connectivity index (χ0v) is 15.8. The first-order valence-electron chi connectivity index (χ1n) is 8.54. The van der Waals surface area contributed by atoms with E-state index in [-0.39, 0.29) is 24.4 Å². The van der Waals surface area contributed by atoms with Crippen molar-refractivity contribution in [1.29, 1.82) is 0 Å². The highest BCUT2D eigenvalue weighted by molar-refractivity contribution is 5.85. The van der Waals surface area contributed by atoms with Gasteiger partial charge in [-0.1, -0.05) is 56.3 Å². The Morgan fingerprint density at radius 3 is 2.36 bits per heavy atom. The number of anilines is 1. The lowest BCUT2D eigenvalue weighted by molar-refractivity contribution is -0.120. The van der Waals surface area contributed by atoms with Crippen LogP contribution in [0.1, 0.15) is 31.0 Å². The minimum Gasteiger partial charge on any atom is -0.399 e. The monoisotopic (exact) mass is 361 g/mol. The van der Waals surface area contributed by atoms with Crippen molar-refractivity contribution in [1.82, 2.24) is 10.2 Å². The Kier molecular flexibility index (Phi) is 9.03. The van der Waals surface area contributed by atoms with E-state index in [0.29, 0.717) is 18.7 Å². The van der Waals surface area contributed by atoms with Gasteiger partial charge < -0.3 is 11.1 Å². The van der Waals surface area contributed by atoms with Crippen LogP contribution in [0.4, 0.5) is 5.69 Å². The highest BCUT2D eigenvalue weighted by atomic mass is 35.5. The molecule has 1 unspecified atom stereocenters. The van der Waals surface area contributed by atoms with Gasteiger partial charge in [0.1, 0.15) is 0 Å². The lowest BCUT2D eigenvalue weighted by Crippen LogP contribution is -2.38. The fraction of sp³-hybridized carbons (Fsp3) is 0.350. The van der Waals surface area contributed by atoms with Gasteiger partial charge >= 0.3 is 0 Å². The SMILES string of the molecule is CCN(CC)C(CNC(=O)Cc1cccc(N)c1)c1ccccc1.Cl. The fourth-order valence-corrected chi connectivity index (χ4v) is 2.96. The summed E-state index contributed by atoms with van der Waals surface area (Å²) in [5.41, 5.74) is 8.62. The molecule has 0 aliphatic rings. The number of nitrogen functional groups attached to an aromatic ring is 1. The zero-order chi connectivity index (χ0) is 17.4. The van der Waals surface area contributed by atoms with E-state index in [2.05, 4.69) is 36.2 Å². The van der Waals surface area contributed by atoms with Crippen LogP contribution in [-0.4, -0.2) is 30.4 Å². The minimum atomic E-state index is 0. The normalized spacial score (nSPS) is 11.6. The number of halogens is 1. The Hall–Kier alpha value is -2.04. The predicted molar refractivity (Wildman–Crippen MR) is 107 cm³/mol. The number of carbonyl (C=O) groups is 1. The molecule has 25 heavy (non-hydrogen) atoms. The molecule has 0 saturated heterocycles. The number of rotatable bonds is 8. The van der Waals surface area contributed by atoms with Crippen molar-refractivity contribution in [2.75, 3.05) is 25.4 Å². The molecule has 0 saturated carbocycles. The smallest absolute Gasteiger partial charge is 0.224 e. The van der Waals surface area contributed by atoms with E-state index in [9.17, 15) is 4.79 Å². The van der Waals surface area contributed by atoms with Crippen molar-refractivity contribution in [2.24, 2.45) is 0 Å². The second kappa shape index (κ2) is 10.7. The minimum absolute atomic E-state index is 0. The van der Waals surface area contributed by atoms with Gasteiger partial charge in [-0.15, -0.1) is 12.4 Å². The van der Waals surface area contributed by atoms with Crippen molar-refractivity contribution in [2.45, 2.75) is 26.3 Å². The van der Waals surface area contributed by atoms with Crippen LogP contribution in [0.25, 0.3) is 0 Å². The molecule has 4 nitrogen and oxygen atoms in total. The molecule has 5 heteroatoms. The number of hydrogen-bond acceptors (Lipinski definition) is 3. The largest absolute Gasteiger partial charge is 0.399 e. The summed E-state index contributed by atoms with van der Waals surface area (Å²) in [5.74, 6) is 0.0219. The van der Waals surface area contributed by atoms with Crippen LogP contribution in [0.3, 0.4) is 0 Å². The molecule has 0 spiro atoms. The number of benzene rings is 2. The van der Waals surface area contributed by atoms with Gasteiger partial charge in [0.15, 0.2) is 0 Å². The molecule has 1 amide bonds. The van der Waals surface area contributed by atoms with Crippen molar-refractivity contribution in [3.05, 3.63) is 65.7 Å². The van der Waals surface area contributed by atoms with Crippen molar-refractivity contribution in [3.63, 3.8) is 0 Å². The molecule has 0 aliphatic heterocycles. The summed E-state index contributed by atoms with van der Waals surface area (Å²) < 4.78 is 0. The van der Waals surface area contributed by atoms with E-state index >= 15 is 0 Å². The highest BCUT2D eigenvalue weighted by Crippen LogP contribution is 2.19. The lowest BCUT2D eigenvalue weighted by Gasteiger charge is -2.30. The maximum Gasteiger partial charge on any atom is 0.224 e. The molecule has 0 heterocycles. The van der Waals surface area contributed by atoms with E-state index in [1.54, 1.807) is 0 Å². The molecule has 2 aromatic rings. The third-order valence-corrected chi connectivity index (χ3v) is 4.25. The number of carbonyl (C=O) groups excluding carboxylic acids is 1. The van der Waals surface area contributed by atoms with Crippen LogP contribution < -0.4 is 11.1 Å². The molecule has 136 valence electrons. The zero-order valence-electron chi connectivity index (χ0n) is 14.9. The second-order valence-corrected chi connectivity index (χ2v) is 5.87. The van der Waals surface area contributed by atoms with Crippen LogP contribution in [0.15, 0.2) is 54.6 Å². The molecule has 0 fully saturated rings. The Labute approximate surface area is 156 Å². The van der Waals surface area contributed by atoms with Crippen LogP contribution >= 0.6 is 12.4 Å². The highest BCUT2D eigenvalue weighted by Gasteiger charge is 2.18. The molecule has 0 aliphatic carbocycles. The van der Waals surface area contributed by atoms with Gasteiger partial charge in [-0.25, -0.2) is 0 Å². The molecule has 0 radical (unpaired) electrons. The van der Waals surface area contributed by atoms with Crippen LogP contribution in [0.2, 0.25) is 0 Å².